The van der Waals surface area contributed by atoms with E-state index in [-0.39, 0.29) is 0 Å². The van der Waals surface area contributed by atoms with Crippen LogP contribution in [0.4, 0.5) is 0 Å². The average Bonchev–Trinajstić information content (AvgIpc) is 2.68. The summed E-state index contributed by atoms with van der Waals surface area (Å²) < 4.78 is 0. The van der Waals surface area contributed by atoms with E-state index in [4.69, 9.17) is 0 Å². The largest absolute Gasteiger partial charge is 0.508 e. The summed E-state index contributed by atoms with van der Waals surface area (Å²) in [5, 5.41) is 9.80. The molecule has 1 aromatic rings. The van der Waals surface area contributed by atoms with Crippen LogP contribution in [0.3, 0.4) is 0 Å². The fourth-order valence-corrected chi connectivity index (χ4v) is 2.59. The standard InChI is InChI=1S/C14H22N2O/c1-15(2)11-13-7-5-9-16(13)10-12-6-3-4-8-14(12)17/h3-4,6,8,13,17H,5,7,9-11H2,1-2H3. The van der Waals surface area contributed by atoms with E-state index in [1.165, 1.54) is 12.8 Å². The summed E-state index contributed by atoms with van der Waals surface area (Å²) >= 11 is 0. The lowest BCUT2D eigenvalue weighted by molar-refractivity contribution is 0.199. The molecule has 1 unspecified atom stereocenters. The summed E-state index contributed by atoms with van der Waals surface area (Å²) in [5.74, 6) is 0.419. The van der Waals surface area contributed by atoms with Gasteiger partial charge in [-0.2, -0.15) is 0 Å². The molecule has 0 aliphatic carbocycles. The molecule has 0 saturated carbocycles. The molecule has 1 N–H and O–H groups in total. The van der Waals surface area contributed by atoms with E-state index < -0.39 is 0 Å². The van der Waals surface area contributed by atoms with E-state index in [1.807, 2.05) is 18.2 Å². The van der Waals surface area contributed by atoms with E-state index in [2.05, 4.69) is 23.9 Å². The summed E-state index contributed by atoms with van der Waals surface area (Å²) in [6.07, 6.45) is 2.54. The van der Waals surface area contributed by atoms with E-state index in [9.17, 15) is 5.11 Å². The first kappa shape index (κ1) is 12.4. The van der Waals surface area contributed by atoms with Gasteiger partial charge in [-0.15, -0.1) is 0 Å². The highest BCUT2D eigenvalue weighted by Crippen LogP contribution is 2.24. The van der Waals surface area contributed by atoms with Crippen molar-refractivity contribution in [2.75, 3.05) is 27.2 Å². The summed E-state index contributed by atoms with van der Waals surface area (Å²) in [6.45, 7) is 3.12. The molecular formula is C14H22N2O. The topological polar surface area (TPSA) is 26.7 Å². The molecule has 1 fully saturated rings. The molecule has 0 radical (unpaired) electrons. The molecule has 0 bridgehead atoms. The van der Waals surface area contributed by atoms with Crippen molar-refractivity contribution in [3.63, 3.8) is 0 Å². The minimum absolute atomic E-state index is 0.419. The Hall–Kier alpha value is -1.06. The molecular weight excluding hydrogens is 212 g/mol. The fraction of sp³-hybridized carbons (Fsp3) is 0.571. The number of likely N-dealkylation sites (tertiary alicyclic amines) is 1. The van der Waals surface area contributed by atoms with Crippen LogP contribution in [-0.2, 0) is 6.54 Å². The molecule has 17 heavy (non-hydrogen) atoms. The predicted octanol–water partition coefficient (Wildman–Crippen LogP) is 1.92. The maximum absolute atomic E-state index is 9.80. The van der Waals surface area contributed by atoms with Crippen LogP contribution in [0.5, 0.6) is 5.75 Å². The number of phenols is 1. The second-order valence-corrected chi connectivity index (χ2v) is 5.16. The van der Waals surface area contributed by atoms with Crippen molar-refractivity contribution in [3.05, 3.63) is 29.8 Å². The van der Waals surface area contributed by atoms with Gasteiger partial charge in [-0.1, -0.05) is 18.2 Å². The van der Waals surface area contributed by atoms with Crippen LogP contribution in [0.25, 0.3) is 0 Å². The van der Waals surface area contributed by atoms with Crippen LogP contribution in [0, 0.1) is 0 Å². The highest BCUT2D eigenvalue weighted by molar-refractivity contribution is 5.31. The monoisotopic (exact) mass is 234 g/mol. The minimum Gasteiger partial charge on any atom is -0.508 e. The molecule has 1 aliphatic rings. The van der Waals surface area contributed by atoms with Crippen molar-refractivity contribution in [1.29, 1.82) is 0 Å². The molecule has 3 heteroatoms. The lowest BCUT2D eigenvalue weighted by Crippen LogP contribution is -2.37. The third kappa shape index (κ3) is 3.20. The van der Waals surface area contributed by atoms with Crippen LogP contribution in [0.1, 0.15) is 18.4 Å². The first-order valence-corrected chi connectivity index (χ1v) is 6.32. The third-order valence-electron chi connectivity index (χ3n) is 3.44. The Morgan fingerprint density at radius 3 is 2.82 bits per heavy atom. The first-order chi connectivity index (χ1) is 8.16. The number of phenolic OH excluding ortho intramolecular Hbond substituents is 1. The number of aromatic hydroxyl groups is 1. The predicted molar refractivity (Wildman–Crippen MR) is 70.1 cm³/mol. The van der Waals surface area contributed by atoms with Crippen molar-refractivity contribution in [3.8, 4) is 5.75 Å². The van der Waals surface area contributed by atoms with Gasteiger partial charge in [0.1, 0.15) is 5.75 Å². The third-order valence-corrected chi connectivity index (χ3v) is 3.44. The molecule has 1 aromatic carbocycles. The zero-order valence-electron chi connectivity index (χ0n) is 10.8. The second-order valence-electron chi connectivity index (χ2n) is 5.16. The molecule has 1 heterocycles. The summed E-state index contributed by atoms with van der Waals surface area (Å²) in [4.78, 5) is 4.73. The minimum atomic E-state index is 0.419. The molecule has 3 nitrogen and oxygen atoms in total. The zero-order chi connectivity index (χ0) is 12.3. The summed E-state index contributed by atoms with van der Waals surface area (Å²) in [5.41, 5.74) is 1.04. The van der Waals surface area contributed by atoms with Crippen molar-refractivity contribution < 1.29 is 5.11 Å². The van der Waals surface area contributed by atoms with Crippen LogP contribution in [0.15, 0.2) is 24.3 Å². The van der Waals surface area contributed by atoms with Gasteiger partial charge in [0.15, 0.2) is 0 Å². The maximum atomic E-state index is 9.80. The number of nitrogens with zero attached hydrogens (tertiary/aromatic N) is 2. The highest BCUT2D eigenvalue weighted by Gasteiger charge is 2.25. The normalized spacial score (nSPS) is 21.2. The van der Waals surface area contributed by atoms with E-state index in [0.29, 0.717) is 11.8 Å². The number of rotatable bonds is 4. The van der Waals surface area contributed by atoms with Crippen LogP contribution in [0.2, 0.25) is 0 Å². The molecule has 1 aliphatic heterocycles. The Bertz CT molecular complexity index is 365. The van der Waals surface area contributed by atoms with Crippen LogP contribution < -0.4 is 0 Å². The molecule has 2 rings (SSSR count). The first-order valence-electron chi connectivity index (χ1n) is 6.32. The molecule has 1 atom stereocenters. The molecule has 0 spiro atoms. The summed E-state index contributed by atoms with van der Waals surface area (Å²) in [6, 6.07) is 8.28. The molecule has 0 amide bonds. The van der Waals surface area contributed by atoms with Gasteiger partial charge in [-0.3, -0.25) is 4.90 Å². The Morgan fingerprint density at radius 1 is 1.35 bits per heavy atom. The molecule has 1 saturated heterocycles. The molecule has 94 valence electrons. The van der Waals surface area contributed by atoms with Crippen LogP contribution >= 0.6 is 0 Å². The number of hydrogen-bond acceptors (Lipinski definition) is 3. The van der Waals surface area contributed by atoms with Gasteiger partial charge < -0.3 is 10.0 Å². The molecule has 0 aromatic heterocycles. The van der Waals surface area contributed by atoms with Crippen molar-refractivity contribution in [2.45, 2.75) is 25.4 Å². The van der Waals surface area contributed by atoms with Crippen molar-refractivity contribution in [2.24, 2.45) is 0 Å². The van der Waals surface area contributed by atoms with Crippen molar-refractivity contribution in [1.82, 2.24) is 9.80 Å². The van der Waals surface area contributed by atoms with E-state index >= 15 is 0 Å². The fourth-order valence-electron chi connectivity index (χ4n) is 2.59. The lowest BCUT2D eigenvalue weighted by atomic mass is 10.1. The van der Waals surface area contributed by atoms with Gasteiger partial charge in [-0.25, -0.2) is 0 Å². The average molecular weight is 234 g/mol. The van der Waals surface area contributed by atoms with Gasteiger partial charge in [0, 0.05) is 24.7 Å². The van der Waals surface area contributed by atoms with Gasteiger partial charge in [0.2, 0.25) is 0 Å². The van der Waals surface area contributed by atoms with Gasteiger partial charge in [0.05, 0.1) is 0 Å². The SMILES string of the molecule is CN(C)CC1CCCN1Cc1ccccc1O. The van der Waals surface area contributed by atoms with Crippen molar-refractivity contribution >= 4 is 0 Å². The second kappa shape index (κ2) is 5.52. The quantitative estimate of drug-likeness (QED) is 0.862. The zero-order valence-corrected chi connectivity index (χ0v) is 10.8. The smallest absolute Gasteiger partial charge is 0.120 e. The van der Waals surface area contributed by atoms with Gasteiger partial charge in [0.25, 0.3) is 0 Å². The maximum Gasteiger partial charge on any atom is 0.120 e. The Balaban J connectivity index is 2.00. The Kier molecular flexibility index (Phi) is 4.02. The number of para-hydroxylation sites is 1. The van der Waals surface area contributed by atoms with Gasteiger partial charge >= 0.3 is 0 Å². The van der Waals surface area contributed by atoms with E-state index in [1.54, 1.807) is 6.07 Å². The highest BCUT2D eigenvalue weighted by atomic mass is 16.3. The number of hydrogen-bond donors (Lipinski definition) is 1. The van der Waals surface area contributed by atoms with Crippen LogP contribution in [-0.4, -0.2) is 48.1 Å². The lowest BCUT2D eigenvalue weighted by Gasteiger charge is -2.27. The number of benzene rings is 1. The van der Waals surface area contributed by atoms with E-state index in [0.717, 1.165) is 25.2 Å². The summed E-state index contributed by atoms with van der Waals surface area (Å²) in [7, 11) is 4.24. The Morgan fingerprint density at radius 2 is 2.12 bits per heavy atom. The van der Waals surface area contributed by atoms with Gasteiger partial charge in [-0.05, 0) is 39.5 Å². The number of likely N-dealkylation sites (N-methyl/N-ethyl adjacent to an activating group) is 1. The Labute approximate surface area is 104 Å².